The van der Waals surface area contributed by atoms with Gasteiger partial charge >= 0.3 is 0 Å². The van der Waals surface area contributed by atoms with Crippen LogP contribution in [0.15, 0.2) is 54.1 Å². The number of carbonyl (C=O) groups excluding carboxylic acids is 2. The quantitative estimate of drug-likeness (QED) is 0.750. The zero-order valence-electron chi connectivity index (χ0n) is 11.6. The SMILES string of the molecule is Cc1cccc2c1C1=C(C2)C(=O)N(c2ccccc2)C1=O. The molecule has 0 unspecified atom stereocenters. The molecule has 1 aliphatic heterocycles. The summed E-state index contributed by atoms with van der Waals surface area (Å²) in [4.78, 5) is 26.7. The Morgan fingerprint density at radius 1 is 0.905 bits per heavy atom. The highest BCUT2D eigenvalue weighted by Crippen LogP contribution is 2.42. The number of aryl methyl sites for hydroxylation is 1. The maximum absolute atomic E-state index is 12.8. The van der Waals surface area contributed by atoms with Crippen molar-refractivity contribution >= 4 is 23.1 Å². The molecule has 102 valence electrons. The lowest BCUT2D eigenvalue weighted by atomic mass is 9.99. The third-order valence-corrected chi connectivity index (χ3v) is 4.17. The number of imide groups is 1. The van der Waals surface area contributed by atoms with Gasteiger partial charge in [-0.15, -0.1) is 0 Å². The number of rotatable bonds is 1. The molecule has 2 aromatic carbocycles. The number of benzene rings is 2. The van der Waals surface area contributed by atoms with Crippen molar-refractivity contribution in [3.63, 3.8) is 0 Å². The van der Waals surface area contributed by atoms with E-state index in [4.69, 9.17) is 0 Å². The van der Waals surface area contributed by atoms with E-state index in [0.717, 1.165) is 16.7 Å². The van der Waals surface area contributed by atoms with Gasteiger partial charge in [-0.25, -0.2) is 4.90 Å². The predicted octanol–water partition coefficient (Wildman–Crippen LogP) is 2.88. The second-order valence-corrected chi connectivity index (χ2v) is 5.42. The van der Waals surface area contributed by atoms with Crippen molar-refractivity contribution in [3.05, 3.63) is 70.8 Å². The second-order valence-electron chi connectivity index (χ2n) is 5.42. The lowest BCUT2D eigenvalue weighted by Gasteiger charge is -2.17. The average molecular weight is 275 g/mol. The standard InChI is InChI=1S/C18H13NO2/c1-11-6-5-7-12-10-14-16(15(11)12)18(21)19(17(14)20)13-8-3-2-4-9-13/h2-9H,10H2,1H3. The molecule has 3 heteroatoms. The zero-order valence-corrected chi connectivity index (χ0v) is 11.6. The molecule has 21 heavy (non-hydrogen) atoms. The molecule has 0 fully saturated rings. The van der Waals surface area contributed by atoms with Crippen LogP contribution in [0.5, 0.6) is 0 Å². The van der Waals surface area contributed by atoms with Gasteiger partial charge in [0.1, 0.15) is 0 Å². The Hall–Kier alpha value is -2.68. The van der Waals surface area contributed by atoms with Crippen LogP contribution in [0.2, 0.25) is 0 Å². The van der Waals surface area contributed by atoms with Crippen molar-refractivity contribution in [2.24, 2.45) is 0 Å². The fraction of sp³-hybridized carbons (Fsp3) is 0.111. The van der Waals surface area contributed by atoms with E-state index in [1.165, 1.54) is 4.90 Å². The maximum atomic E-state index is 12.8. The van der Waals surface area contributed by atoms with Crippen molar-refractivity contribution in [1.82, 2.24) is 0 Å². The molecule has 0 saturated carbocycles. The predicted molar refractivity (Wildman–Crippen MR) is 80.7 cm³/mol. The molecule has 0 saturated heterocycles. The molecular formula is C18H13NO2. The van der Waals surface area contributed by atoms with Crippen molar-refractivity contribution in [3.8, 4) is 0 Å². The number of anilines is 1. The van der Waals surface area contributed by atoms with Crippen LogP contribution in [0.4, 0.5) is 5.69 Å². The Kier molecular flexibility index (Phi) is 2.39. The van der Waals surface area contributed by atoms with Crippen LogP contribution in [-0.2, 0) is 16.0 Å². The summed E-state index contributed by atoms with van der Waals surface area (Å²) in [7, 11) is 0. The van der Waals surface area contributed by atoms with Gasteiger partial charge in [0.05, 0.1) is 11.3 Å². The van der Waals surface area contributed by atoms with Crippen LogP contribution in [-0.4, -0.2) is 11.8 Å². The minimum atomic E-state index is -0.200. The molecule has 3 nitrogen and oxygen atoms in total. The molecule has 0 spiro atoms. The lowest BCUT2D eigenvalue weighted by molar-refractivity contribution is -0.120. The monoisotopic (exact) mass is 275 g/mol. The van der Waals surface area contributed by atoms with Crippen LogP contribution in [0.3, 0.4) is 0 Å². The van der Waals surface area contributed by atoms with Crippen LogP contribution in [0.1, 0.15) is 16.7 Å². The highest BCUT2D eigenvalue weighted by molar-refractivity contribution is 6.46. The molecule has 2 amide bonds. The van der Waals surface area contributed by atoms with Gasteiger partial charge in [-0.1, -0.05) is 36.4 Å². The number of nitrogens with zero attached hydrogens (tertiary/aromatic N) is 1. The maximum Gasteiger partial charge on any atom is 0.266 e. The summed E-state index contributed by atoms with van der Waals surface area (Å²) in [5.41, 5.74) is 4.94. The Bertz CT molecular complexity index is 818. The average Bonchev–Trinajstić information content (AvgIpc) is 2.98. The number of carbonyl (C=O) groups is 2. The number of amides is 2. The van der Waals surface area contributed by atoms with Crippen molar-refractivity contribution in [1.29, 1.82) is 0 Å². The van der Waals surface area contributed by atoms with E-state index in [-0.39, 0.29) is 11.8 Å². The molecule has 4 rings (SSSR count). The highest BCUT2D eigenvalue weighted by atomic mass is 16.2. The van der Waals surface area contributed by atoms with Gasteiger partial charge in [-0.05, 0) is 35.7 Å². The summed E-state index contributed by atoms with van der Waals surface area (Å²) >= 11 is 0. The van der Waals surface area contributed by atoms with E-state index in [9.17, 15) is 9.59 Å². The van der Waals surface area contributed by atoms with Crippen LogP contribution < -0.4 is 4.90 Å². The Morgan fingerprint density at radius 3 is 2.43 bits per heavy atom. The van der Waals surface area contributed by atoms with E-state index < -0.39 is 0 Å². The van der Waals surface area contributed by atoms with Gasteiger partial charge in [0.15, 0.2) is 0 Å². The van der Waals surface area contributed by atoms with Crippen LogP contribution >= 0.6 is 0 Å². The number of para-hydroxylation sites is 1. The molecule has 2 aliphatic rings. The Balaban J connectivity index is 1.85. The van der Waals surface area contributed by atoms with Gasteiger partial charge in [0, 0.05) is 12.0 Å². The highest BCUT2D eigenvalue weighted by Gasteiger charge is 2.43. The Labute approximate surface area is 122 Å². The molecule has 0 radical (unpaired) electrons. The summed E-state index contributed by atoms with van der Waals surface area (Å²) in [5, 5.41) is 0. The minimum absolute atomic E-state index is 0.184. The molecule has 0 atom stereocenters. The fourth-order valence-corrected chi connectivity index (χ4v) is 3.23. The zero-order chi connectivity index (χ0) is 14.6. The van der Waals surface area contributed by atoms with Gasteiger partial charge in [-0.3, -0.25) is 9.59 Å². The van der Waals surface area contributed by atoms with Crippen molar-refractivity contribution in [2.75, 3.05) is 4.90 Å². The third kappa shape index (κ3) is 1.54. The van der Waals surface area contributed by atoms with E-state index in [1.807, 2.05) is 43.3 Å². The van der Waals surface area contributed by atoms with Gasteiger partial charge < -0.3 is 0 Å². The van der Waals surface area contributed by atoms with E-state index >= 15 is 0 Å². The van der Waals surface area contributed by atoms with E-state index in [0.29, 0.717) is 23.3 Å². The van der Waals surface area contributed by atoms with Crippen molar-refractivity contribution in [2.45, 2.75) is 13.3 Å². The molecule has 2 aromatic rings. The van der Waals surface area contributed by atoms with Crippen LogP contribution in [0.25, 0.3) is 5.57 Å². The largest absolute Gasteiger partial charge is 0.269 e. The summed E-state index contributed by atoms with van der Waals surface area (Å²) in [6, 6.07) is 15.1. The lowest BCUT2D eigenvalue weighted by Crippen LogP contribution is -2.32. The van der Waals surface area contributed by atoms with Gasteiger partial charge in [0.25, 0.3) is 11.8 Å². The summed E-state index contributed by atoms with van der Waals surface area (Å²) in [6.45, 7) is 1.98. The first-order valence-electron chi connectivity index (χ1n) is 6.94. The third-order valence-electron chi connectivity index (χ3n) is 4.17. The molecule has 0 bridgehead atoms. The minimum Gasteiger partial charge on any atom is -0.269 e. The fourth-order valence-electron chi connectivity index (χ4n) is 3.23. The topological polar surface area (TPSA) is 37.4 Å². The van der Waals surface area contributed by atoms with E-state index in [2.05, 4.69) is 0 Å². The summed E-state index contributed by atoms with van der Waals surface area (Å²) in [5.74, 6) is -0.383. The van der Waals surface area contributed by atoms with Gasteiger partial charge in [-0.2, -0.15) is 0 Å². The van der Waals surface area contributed by atoms with Crippen molar-refractivity contribution < 1.29 is 9.59 Å². The Morgan fingerprint density at radius 2 is 1.67 bits per heavy atom. The summed E-state index contributed by atoms with van der Waals surface area (Å²) < 4.78 is 0. The second kappa shape index (κ2) is 4.16. The first-order chi connectivity index (χ1) is 10.2. The van der Waals surface area contributed by atoms with Gasteiger partial charge in [0.2, 0.25) is 0 Å². The number of hydrogen-bond acceptors (Lipinski definition) is 2. The smallest absolute Gasteiger partial charge is 0.266 e. The summed E-state index contributed by atoms with van der Waals surface area (Å²) in [6.07, 6.45) is 0.556. The first-order valence-corrected chi connectivity index (χ1v) is 6.94. The van der Waals surface area contributed by atoms with E-state index in [1.54, 1.807) is 12.1 Å². The molecule has 1 heterocycles. The van der Waals surface area contributed by atoms with Crippen LogP contribution in [0, 0.1) is 6.92 Å². The first kappa shape index (κ1) is 12.1. The molecule has 0 aromatic heterocycles. The molecular weight excluding hydrogens is 262 g/mol. The molecule has 0 N–H and O–H groups in total. The number of hydrogen-bond donors (Lipinski definition) is 0. The number of fused-ring (bicyclic) bond motifs is 2. The normalized spacial score (nSPS) is 16.5. The molecule has 1 aliphatic carbocycles.